The minimum Gasteiger partial charge on any atom is -0.379 e. The smallest absolute Gasteiger partial charge is 0.274 e. The summed E-state index contributed by atoms with van der Waals surface area (Å²) in [6.45, 7) is 2.03. The van der Waals surface area contributed by atoms with E-state index in [1.807, 2.05) is 11.9 Å². The van der Waals surface area contributed by atoms with Crippen molar-refractivity contribution in [2.24, 2.45) is 7.05 Å². The zero-order valence-electron chi connectivity index (χ0n) is 15.8. The van der Waals surface area contributed by atoms with Crippen molar-refractivity contribution < 1.29 is 18.7 Å². The molecule has 2 saturated heterocycles. The van der Waals surface area contributed by atoms with E-state index in [0.717, 1.165) is 5.56 Å². The maximum absolute atomic E-state index is 13.3. The molecule has 8 heteroatoms. The van der Waals surface area contributed by atoms with E-state index < -0.39 is 5.54 Å². The van der Waals surface area contributed by atoms with Crippen molar-refractivity contribution in [3.63, 3.8) is 0 Å². The van der Waals surface area contributed by atoms with Crippen LogP contribution in [-0.2, 0) is 23.1 Å². The molecule has 2 aliphatic heterocycles. The number of imidazole rings is 1. The Bertz CT molecular complexity index is 874. The highest BCUT2D eigenvalue weighted by atomic mass is 19.1. The van der Waals surface area contributed by atoms with Gasteiger partial charge in [-0.1, -0.05) is 12.1 Å². The summed E-state index contributed by atoms with van der Waals surface area (Å²) in [7, 11) is 1.81. The first-order chi connectivity index (χ1) is 13.5. The van der Waals surface area contributed by atoms with Crippen molar-refractivity contribution in [2.75, 3.05) is 26.3 Å². The largest absolute Gasteiger partial charge is 0.379 e. The molecule has 0 saturated carbocycles. The lowest BCUT2D eigenvalue weighted by molar-refractivity contribution is -0.137. The summed E-state index contributed by atoms with van der Waals surface area (Å²) in [6, 6.07) is 6.17. The SMILES string of the molecule is Cn1cnc(C(=O)N2CCC(=O)N(Cc3ccc(F)cc3)C3(CCOC3)C2)c1. The minimum atomic E-state index is -0.577. The Morgan fingerprint density at radius 1 is 1.32 bits per heavy atom. The van der Waals surface area contributed by atoms with E-state index in [0.29, 0.717) is 45.0 Å². The van der Waals surface area contributed by atoms with Gasteiger partial charge in [-0.25, -0.2) is 9.37 Å². The van der Waals surface area contributed by atoms with Gasteiger partial charge in [-0.05, 0) is 24.1 Å². The molecule has 1 atom stereocenters. The predicted molar refractivity (Wildman–Crippen MR) is 98.8 cm³/mol. The highest BCUT2D eigenvalue weighted by Crippen LogP contribution is 2.32. The fourth-order valence-electron chi connectivity index (χ4n) is 3.97. The van der Waals surface area contributed by atoms with Gasteiger partial charge in [-0.2, -0.15) is 0 Å². The van der Waals surface area contributed by atoms with Gasteiger partial charge >= 0.3 is 0 Å². The van der Waals surface area contributed by atoms with Gasteiger partial charge < -0.3 is 19.1 Å². The van der Waals surface area contributed by atoms with E-state index >= 15 is 0 Å². The first-order valence-corrected chi connectivity index (χ1v) is 9.37. The third-order valence-corrected chi connectivity index (χ3v) is 5.50. The molecule has 2 fully saturated rings. The molecule has 28 heavy (non-hydrogen) atoms. The van der Waals surface area contributed by atoms with E-state index in [4.69, 9.17) is 4.74 Å². The molecule has 0 bridgehead atoms. The van der Waals surface area contributed by atoms with E-state index in [1.54, 1.807) is 34.1 Å². The number of carbonyl (C=O) groups excluding carboxylic acids is 2. The van der Waals surface area contributed by atoms with E-state index in [-0.39, 0.29) is 24.1 Å². The minimum absolute atomic E-state index is 0.0221. The van der Waals surface area contributed by atoms with Crippen LogP contribution in [0, 0.1) is 5.82 Å². The molecule has 4 rings (SSSR count). The number of amides is 2. The standard InChI is InChI=1S/C20H23FN4O3/c1-23-11-17(22-14-23)19(27)24-8-6-18(26)25(20(12-24)7-9-28-13-20)10-15-2-4-16(21)5-3-15/h2-5,11,14H,6-10,12-13H2,1H3. The summed E-state index contributed by atoms with van der Waals surface area (Å²) in [5.74, 6) is -0.508. The van der Waals surface area contributed by atoms with Crippen molar-refractivity contribution in [1.82, 2.24) is 19.4 Å². The van der Waals surface area contributed by atoms with E-state index in [1.165, 1.54) is 12.1 Å². The molecule has 1 aromatic carbocycles. The second-order valence-electron chi connectivity index (χ2n) is 7.53. The summed E-state index contributed by atoms with van der Waals surface area (Å²) in [5, 5.41) is 0. The number of aryl methyl sites for hydroxylation is 1. The summed E-state index contributed by atoms with van der Waals surface area (Å²) >= 11 is 0. The van der Waals surface area contributed by atoms with Crippen LogP contribution in [0.2, 0.25) is 0 Å². The van der Waals surface area contributed by atoms with Crippen molar-refractivity contribution in [3.05, 3.63) is 53.9 Å². The zero-order chi connectivity index (χ0) is 19.7. The molecule has 2 amide bonds. The highest BCUT2D eigenvalue weighted by Gasteiger charge is 2.47. The number of hydrogen-bond donors (Lipinski definition) is 0. The normalized spacial score (nSPS) is 22.7. The Labute approximate surface area is 162 Å². The molecule has 3 heterocycles. The van der Waals surface area contributed by atoms with Crippen molar-refractivity contribution in [3.8, 4) is 0 Å². The molecule has 0 radical (unpaired) electrons. The van der Waals surface area contributed by atoms with Gasteiger partial charge in [0.2, 0.25) is 5.91 Å². The lowest BCUT2D eigenvalue weighted by Crippen LogP contribution is -2.56. The summed E-state index contributed by atoms with van der Waals surface area (Å²) < 4.78 is 20.6. The van der Waals surface area contributed by atoms with Gasteiger partial charge in [0.1, 0.15) is 11.5 Å². The average molecular weight is 386 g/mol. The molecule has 2 aromatic rings. The average Bonchev–Trinajstić information content (AvgIpc) is 3.30. The third-order valence-electron chi connectivity index (χ3n) is 5.50. The maximum Gasteiger partial charge on any atom is 0.274 e. The number of nitrogens with zero attached hydrogens (tertiary/aromatic N) is 4. The van der Waals surface area contributed by atoms with Crippen LogP contribution in [-0.4, -0.2) is 63.0 Å². The Kier molecular flexibility index (Phi) is 4.89. The molecule has 7 nitrogen and oxygen atoms in total. The van der Waals surface area contributed by atoms with Gasteiger partial charge in [0.25, 0.3) is 5.91 Å². The van der Waals surface area contributed by atoms with Crippen LogP contribution in [0.4, 0.5) is 4.39 Å². The molecule has 2 aliphatic rings. The molecule has 1 spiro atoms. The monoisotopic (exact) mass is 386 g/mol. The van der Waals surface area contributed by atoms with Crippen LogP contribution < -0.4 is 0 Å². The fourth-order valence-corrected chi connectivity index (χ4v) is 3.97. The Balaban J connectivity index is 1.61. The Morgan fingerprint density at radius 2 is 2.11 bits per heavy atom. The predicted octanol–water partition coefficient (Wildman–Crippen LogP) is 1.59. The van der Waals surface area contributed by atoms with Crippen LogP contribution in [0.25, 0.3) is 0 Å². The van der Waals surface area contributed by atoms with Crippen LogP contribution in [0.5, 0.6) is 0 Å². The van der Waals surface area contributed by atoms with E-state index in [9.17, 15) is 14.0 Å². The Hall–Kier alpha value is -2.74. The third kappa shape index (κ3) is 3.52. The first kappa shape index (κ1) is 18.6. The van der Waals surface area contributed by atoms with Gasteiger partial charge in [0.15, 0.2) is 0 Å². The van der Waals surface area contributed by atoms with Gasteiger partial charge in [-0.3, -0.25) is 9.59 Å². The molecule has 1 aromatic heterocycles. The quantitative estimate of drug-likeness (QED) is 0.804. The molecular weight excluding hydrogens is 363 g/mol. The number of carbonyl (C=O) groups is 2. The molecule has 0 N–H and O–H groups in total. The second-order valence-corrected chi connectivity index (χ2v) is 7.53. The topological polar surface area (TPSA) is 67.7 Å². The molecule has 1 unspecified atom stereocenters. The number of halogens is 1. The van der Waals surface area contributed by atoms with Crippen LogP contribution in [0.1, 0.15) is 28.9 Å². The number of benzene rings is 1. The number of ether oxygens (including phenoxy) is 1. The summed E-state index contributed by atoms with van der Waals surface area (Å²) in [6.07, 6.45) is 4.17. The van der Waals surface area contributed by atoms with Crippen molar-refractivity contribution in [1.29, 1.82) is 0 Å². The van der Waals surface area contributed by atoms with Crippen molar-refractivity contribution in [2.45, 2.75) is 24.9 Å². The number of hydrogen-bond acceptors (Lipinski definition) is 4. The zero-order valence-corrected chi connectivity index (χ0v) is 15.8. The lowest BCUT2D eigenvalue weighted by Gasteiger charge is -2.40. The summed E-state index contributed by atoms with van der Waals surface area (Å²) in [4.78, 5) is 33.6. The van der Waals surface area contributed by atoms with Crippen molar-refractivity contribution >= 4 is 11.8 Å². The van der Waals surface area contributed by atoms with Gasteiger partial charge in [0.05, 0.1) is 18.5 Å². The Morgan fingerprint density at radius 3 is 2.75 bits per heavy atom. The molecule has 0 aliphatic carbocycles. The van der Waals surface area contributed by atoms with Crippen LogP contribution in [0.3, 0.4) is 0 Å². The maximum atomic E-state index is 13.3. The molecular formula is C20H23FN4O3. The number of rotatable bonds is 3. The lowest BCUT2D eigenvalue weighted by atomic mass is 9.94. The van der Waals surface area contributed by atoms with Gasteiger partial charge in [0, 0.05) is 45.9 Å². The second kappa shape index (κ2) is 7.35. The molecule has 148 valence electrons. The van der Waals surface area contributed by atoms with Crippen LogP contribution >= 0.6 is 0 Å². The summed E-state index contributed by atoms with van der Waals surface area (Å²) in [5.41, 5.74) is 0.647. The number of aromatic nitrogens is 2. The fraction of sp³-hybridized carbons (Fsp3) is 0.450. The van der Waals surface area contributed by atoms with Crippen LogP contribution in [0.15, 0.2) is 36.8 Å². The highest BCUT2D eigenvalue weighted by molar-refractivity contribution is 5.93. The van der Waals surface area contributed by atoms with E-state index in [2.05, 4.69) is 4.98 Å². The first-order valence-electron chi connectivity index (χ1n) is 9.37. The van der Waals surface area contributed by atoms with Gasteiger partial charge in [-0.15, -0.1) is 0 Å².